The van der Waals surface area contributed by atoms with Crippen molar-refractivity contribution in [3.05, 3.63) is 0 Å². The number of halogens is 2. The summed E-state index contributed by atoms with van der Waals surface area (Å²) in [5.41, 5.74) is 5.63. The first-order valence-corrected chi connectivity index (χ1v) is 2.86. The fraction of sp³-hybridized carbons (Fsp3) is 1.00. The van der Waals surface area contributed by atoms with Crippen LogP contribution in [0.1, 0.15) is 0 Å². The number of rotatable bonds is 0. The summed E-state index contributed by atoms with van der Waals surface area (Å²) in [6, 6.07) is 0.557. The van der Waals surface area contributed by atoms with E-state index >= 15 is 0 Å². The summed E-state index contributed by atoms with van der Waals surface area (Å²) in [6.45, 7) is 2.34. The molecule has 0 bridgehead atoms. The predicted octanol–water partition coefficient (Wildman–Crippen LogP) is 0.00650. The summed E-state index contributed by atoms with van der Waals surface area (Å²) in [6.07, 6.45) is 0. The smallest absolute Gasteiger partial charge is 0.0127 e. The molecule has 0 aromatic heterocycles. The fourth-order valence-electron chi connectivity index (χ4n) is 1.47. The molecule has 0 radical (unpaired) electrons. The van der Waals surface area contributed by atoms with E-state index in [9.17, 15) is 0 Å². The van der Waals surface area contributed by atoms with E-state index in [0.29, 0.717) is 6.04 Å². The van der Waals surface area contributed by atoms with Crippen LogP contribution in [0.25, 0.3) is 0 Å². The zero-order chi connectivity index (χ0) is 4.85. The third-order valence-electron chi connectivity index (χ3n) is 2.16. The van der Waals surface area contributed by atoms with Gasteiger partial charge in [-0.25, -0.2) is 0 Å². The second kappa shape index (κ2) is 3.06. The molecule has 2 rings (SSSR count). The van der Waals surface area contributed by atoms with Gasteiger partial charge in [-0.1, -0.05) is 0 Å². The molecule has 2 nitrogen and oxygen atoms in total. The van der Waals surface area contributed by atoms with E-state index in [1.807, 2.05) is 0 Å². The third-order valence-corrected chi connectivity index (χ3v) is 2.16. The van der Waals surface area contributed by atoms with E-state index in [4.69, 9.17) is 5.73 Å². The van der Waals surface area contributed by atoms with Crippen LogP contribution < -0.4 is 11.1 Å². The number of hydrogen-bond donors (Lipinski definition) is 2. The molecule has 1 saturated carbocycles. The van der Waals surface area contributed by atoms with Gasteiger partial charge in [0.25, 0.3) is 0 Å². The van der Waals surface area contributed by atoms with Crippen molar-refractivity contribution in [2.45, 2.75) is 6.04 Å². The van der Waals surface area contributed by atoms with Gasteiger partial charge in [-0.15, -0.1) is 24.8 Å². The van der Waals surface area contributed by atoms with Crippen LogP contribution in [0, 0.1) is 11.8 Å². The molecule has 0 aromatic rings. The molecule has 3 N–H and O–H groups in total. The van der Waals surface area contributed by atoms with Crippen molar-refractivity contribution in [3.8, 4) is 0 Å². The SMILES string of the molecule is Cl.Cl.NC1C2CNCC12. The normalized spacial score (nSPS) is 44.3. The number of piperidine rings is 1. The van der Waals surface area contributed by atoms with Crippen molar-refractivity contribution in [2.75, 3.05) is 13.1 Å². The largest absolute Gasteiger partial charge is 0.327 e. The maximum Gasteiger partial charge on any atom is 0.0127 e. The summed E-state index contributed by atoms with van der Waals surface area (Å²) >= 11 is 0. The highest BCUT2D eigenvalue weighted by Crippen LogP contribution is 2.39. The zero-order valence-corrected chi connectivity index (χ0v) is 6.67. The van der Waals surface area contributed by atoms with E-state index in [-0.39, 0.29) is 24.8 Å². The summed E-state index contributed by atoms with van der Waals surface area (Å²) in [5.74, 6) is 1.69. The van der Waals surface area contributed by atoms with Gasteiger partial charge in [0.2, 0.25) is 0 Å². The highest BCUT2D eigenvalue weighted by Gasteiger charge is 2.50. The van der Waals surface area contributed by atoms with Gasteiger partial charge in [0.1, 0.15) is 0 Å². The number of nitrogens with two attached hydrogens (primary N) is 1. The molecule has 0 amide bonds. The quantitative estimate of drug-likeness (QED) is 0.538. The number of nitrogens with one attached hydrogen (secondary N) is 1. The van der Waals surface area contributed by atoms with Crippen LogP contribution in [0.2, 0.25) is 0 Å². The molecule has 1 aliphatic heterocycles. The van der Waals surface area contributed by atoms with Gasteiger partial charge < -0.3 is 11.1 Å². The molecule has 1 aliphatic carbocycles. The first-order chi connectivity index (χ1) is 3.39. The lowest BCUT2D eigenvalue weighted by molar-refractivity contribution is 0.677. The van der Waals surface area contributed by atoms with Gasteiger partial charge in [0.05, 0.1) is 0 Å². The molecule has 2 atom stereocenters. The second-order valence-corrected chi connectivity index (χ2v) is 2.56. The molecule has 1 saturated heterocycles. The maximum atomic E-state index is 5.63. The van der Waals surface area contributed by atoms with E-state index in [2.05, 4.69) is 5.32 Å². The topological polar surface area (TPSA) is 38.0 Å². The summed E-state index contributed by atoms with van der Waals surface area (Å²) in [7, 11) is 0. The molecule has 56 valence electrons. The minimum Gasteiger partial charge on any atom is -0.327 e. The first kappa shape index (κ1) is 9.50. The van der Waals surface area contributed by atoms with Crippen LogP contribution in [0.3, 0.4) is 0 Å². The van der Waals surface area contributed by atoms with Gasteiger partial charge in [-0.05, 0) is 24.9 Å². The molecule has 2 unspecified atom stereocenters. The molecule has 0 spiro atoms. The molecule has 0 aromatic carbocycles. The second-order valence-electron chi connectivity index (χ2n) is 2.56. The minimum absolute atomic E-state index is 0. The van der Waals surface area contributed by atoms with Crippen molar-refractivity contribution in [2.24, 2.45) is 17.6 Å². The lowest BCUT2D eigenvalue weighted by Gasteiger charge is -1.94. The van der Waals surface area contributed by atoms with E-state index in [0.717, 1.165) is 11.8 Å². The molecule has 9 heavy (non-hydrogen) atoms. The van der Waals surface area contributed by atoms with Crippen molar-refractivity contribution in [1.29, 1.82) is 0 Å². The third kappa shape index (κ3) is 1.32. The van der Waals surface area contributed by atoms with Crippen LogP contribution >= 0.6 is 24.8 Å². The summed E-state index contributed by atoms with van der Waals surface area (Å²) in [4.78, 5) is 0. The van der Waals surface area contributed by atoms with Crippen LogP contribution in [-0.2, 0) is 0 Å². The fourth-order valence-corrected chi connectivity index (χ4v) is 1.47. The molecular weight excluding hydrogens is 159 g/mol. The Hall–Kier alpha value is 0.500. The molecule has 1 heterocycles. The van der Waals surface area contributed by atoms with E-state index in [1.54, 1.807) is 0 Å². The molecule has 2 fully saturated rings. The Morgan fingerprint density at radius 2 is 1.56 bits per heavy atom. The number of hydrogen-bond acceptors (Lipinski definition) is 2. The van der Waals surface area contributed by atoms with Gasteiger partial charge in [0, 0.05) is 6.04 Å². The van der Waals surface area contributed by atoms with Crippen LogP contribution in [-0.4, -0.2) is 19.1 Å². The first-order valence-electron chi connectivity index (χ1n) is 2.86. The van der Waals surface area contributed by atoms with Gasteiger partial charge in [-0.3, -0.25) is 0 Å². The Balaban J connectivity index is 0.000000320. The highest BCUT2D eigenvalue weighted by atomic mass is 35.5. The molecule has 4 heteroatoms. The standard InChI is InChI=1S/C5H10N2.2ClH/c6-5-3-1-7-2-4(3)5;;/h3-5,7H,1-2,6H2;2*1H. The Morgan fingerprint density at radius 3 is 1.78 bits per heavy atom. The molecule has 2 aliphatic rings. The highest BCUT2D eigenvalue weighted by molar-refractivity contribution is 5.85. The van der Waals surface area contributed by atoms with Gasteiger partial charge >= 0.3 is 0 Å². The molecular formula is C5H12Cl2N2. The van der Waals surface area contributed by atoms with Gasteiger partial charge in [-0.2, -0.15) is 0 Å². The van der Waals surface area contributed by atoms with E-state index in [1.165, 1.54) is 13.1 Å². The van der Waals surface area contributed by atoms with Crippen molar-refractivity contribution in [1.82, 2.24) is 5.32 Å². The monoisotopic (exact) mass is 170 g/mol. The zero-order valence-electron chi connectivity index (χ0n) is 5.04. The average Bonchev–Trinajstić information content (AvgIpc) is 2.26. The summed E-state index contributed by atoms with van der Waals surface area (Å²) < 4.78 is 0. The van der Waals surface area contributed by atoms with Crippen molar-refractivity contribution in [3.63, 3.8) is 0 Å². The Morgan fingerprint density at radius 1 is 1.11 bits per heavy atom. The Kier molecular flexibility index (Phi) is 3.23. The predicted molar refractivity (Wildman–Crippen MR) is 42.3 cm³/mol. The van der Waals surface area contributed by atoms with Crippen LogP contribution in [0.5, 0.6) is 0 Å². The van der Waals surface area contributed by atoms with Gasteiger partial charge in [0.15, 0.2) is 0 Å². The Bertz CT molecular complexity index is 89.0. The Labute approximate surface area is 67.4 Å². The van der Waals surface area contributed by atoms with Crippen LogP contribution in [0.15, 0.2) is 0 Å². The minimum atomic E-state index is 0. The summed E-state index contributed by atoms with van der Waals surface area (Å²) in [5, 5.41) is 3.27. The maximum absolute atomic E-state index is 5.63. The van der Waals surface area contributed by atoms with E-state index < -0.39 is 0 Å². The average molecular weight is 171 g/mol. The number of fused-ring (bicyclic) bond motifs is 1. The lowest BCUT2D eigenvalue weighted by atomic mass is 10.4. The van der Waals surface area contributed by atoms with Crippen molar-refractivity contribution < 1.29 is 0 Å². The van der Waals surface area contributed by atoms with Crippen LogP contribution in [0.4, 0.5) is 0 Å². The van der Waals surface area contributed by atoms with Crippen molar-refractivity contribution >= 4 is 24.8 Å². The lowest BCUT2D eigenvalue weighted by Crippen LogP contribution is -2.21.